The third kappa shape index (κ3) is 4.33. The van der Waals surface area contributed by atoms with Crippen molar-refractivity contribution in [1.29, 1.82) is 0 Å². The summed E-state index contributed by atoms with van der Waals surface area (Å²) in [5, 5.41) is 5.03. The van der Waals surface area contributed by atoms with Gasteiger partial charge in [0.1, 0.15) is 5.82 Å². The van der Waals surface area contributed by atoms with Crippen molar-refractivity contribution in [3.63, 3.8) is 0 Å². The quantitative estimate of drug-likeness (QED) is 0.734. The highest BCUT2D eigenvalue weighted by Gasteiger charge is 2.17. The Balaban J connectivity index is 2.32. The second-order valence-corrected chi connectivity index (χ2v) is 5.97. The molecule has 5 heteroatoms. The molecule has 21 heavy (non-hydrogen) atoms. The number of benzene rings is 2. The van der Waals surface area contributed by atoms with E-state index in [1.807, 2.05) is 13.0 Å². The third-order valence-corrected chi connectivity index (χ3v) is 4.15. The number of nitrogens with one attached hydrogen (secondary N) is 1. The molecular formula is C16H15Cl3FN. The fourth-order valence-electron chi connectivity index (χ4n) is 2.23. The molecule has 1 N–H and O–H groups in total. The lowest BCUT2D eigenvalue weighted by Gasteiger charge is -2.20. The minimum Gasteiger partial charge on any atom is -0.310 e. The first-order chi connectivity index (χ1) is 10.0. The van der Waals surface area contributed by atoms with Crippen molar-refractivity contribution in [2.24, 2.45) is 0 Å². The molecule has 0 fully saturated rings. The lowest BCUT2D eigenvalue weighted by Crippen LogP contribution is -2.23. The highest BCUT2D eigenvalue weighted by molar-refractivity contribution is 6.35. The number of likely N-dealkylation sites (N-methyl/N-ethyl adjacent to an activating group) is 1. The summed E-state index contributed by atoms with van der Waals surface area (Å²) in [6, 6.07) is 9.64. The van der Waals surface area contributed by atoms with Gasteiger partial charge in [0, 0.05) is 21.1 Å². The maximum absolute atomic E-state index is 13.5. The summed E-state index contributed by atoms with van der Waals surface area (Å²) in [4.78, 5) is 0. The standard InChI is InChI=1S/C16H15Cl3FN/c1-2-21-16(13-9-12(20)5-6-14(13)18)7-10-3-4-11(17)8-15(10)19/h3-6,8-9,16,21H,2,7H2,1H3. The molecule has 1 atom stereocenters. The van der Waals surface area contributed by atoms with Crippen LogP contribution in [0.4, 0.5) is 4.39 Å². The SMILES string of the molecule is CCNC(Cc1ccc(Cl)cc1Cl)c1cc(F)ccc1Cl. The third-order valence-electron chi connectivity index (χ3n) is 3.22. The van der Waals surface area contributed by atoms with E-state index in [2.05, 4.69) is 5.32 Å². The highest BCUT2D eigenvalue weighted by atomic mass is 35.5. The average Bonchev–Trinajstić information content (AvgIpc) is 2.44. The molecule has 0 radical (unpaired) electrons. The van der Waals surface area contributed by atoms with Gasteiger partial charge in [-0.1, -0.05) is 47.8 Å². The van der Waals surface area contributed by atoms with Gasteiger partial charge in [-0.2, -0.15) is 0 Å². The zero-order valence-corrected chi connectivity index (χ0v) is 13.7. The predicted molar refractivity (Wildman–Crippen MR) is 88.0 cm³/mol. The van der Waals surface area contributed by atoms with Crippen LogP contribution < -0.4 is 5.32 Å². The Bertz CT molecular complexity index is 631. The van der Waals surface area contributed by atoms with Crippen LogP contribution in [0.25, 0.3) is 0 Å². The largest absolute Gasteiger partial charge is 0.310 e. The Morgan fingerprint density at radius 3 is 2.48 bits per heavy atom. The Morgan fingerprint density at radius 2 is 1.81 bits per heavy atom. The molecule has 0 amide bonds. The molecule has 2 aromatic rings. The van der Waals surface area contributed by atoms with Crippen LogP contribution in [0.3, 0.4) is 0 Å². The molecular weight excluding hydrogens is 332 g/mol. The van der Waals surface area contributed by atoms with Gasteiger partial charge in [-0.05, 0) is 54.4 Å². The molecule has 0 saturated heterocycles. The Hall–Kier alpha value is -0.800. The normalized spacial score (nSPS) is 12.4. The van der Waals surface area contributed by atoms with E-state index in [4.69, 9.17) is 34.8 Å². The van der Waals surface area contributed by atoms with Crippen molar-refractivity contribution < 1.29 is 4.39 Å². The van der Waals surface area contributed by atoms with Gasteiger partial charge in [-0.3, -0.25) is 0 Å². The van der Waals surface area contributed by atoms with Crippen molar-refractivity contribution in [2.45, 2.75) is 19.4 Å². The van der Waals surface area contributed by atoms with Crippen LogP contribution in [-0.2, 0) is 6.42 Å². The van der Waals surface area contributed by atoms with Crippen LogP contribution in [0, 0.1) is 5.82 Å². The van der Waals surface area contributed by atoms with Crippen LogP contribution in [0.1, 0.15) is 24.1 Å². The lowest BCUT2D eigenvalue weighted by atomic mass is 9.98. The number of hydrogen-bond acceptors (Lipinski definition) is 1. The van der Waals surface area contributed by atoms with Gasteiger partial charge in [0.05, 0.1) is 0 Å². The Morgan fingerprint density at radius 1 is 1.05 bits per heavy atom. The summed E-state index contributed by atoms with van der Waals surface area (Å²) >= 11 is 18.3. The first kappa shape index (κ1) is 16.6. The Kier molecular flexibility index (Phi) is 5.88. The van der Waals surface area contributed by atoms with E-state index in [9.17, 15) is 4.39 Å². The van der Waals surface area contributed by atoms with Crippen LogP contribution >= 0.6 is 34.8 Å². The maximum atomic E-state index is 13.5. The topological polar surface area (TPSA) is 12.0 Å². The second-order valence-electron chi connectivity index (χ2n) is 4.72. The molecule has 0 bridgehead atoms. The van der Waals surface area contributed by atoms with Crippen LogP contribution in [0.2, 0.25) is 15.1 Å². The van der Waals surface area contributed by atoms with E-state index >= 15 is 0 Å². The first-order valence-electron chi connectivity index (χ1n) is 6.63. The fraction of sp³-hybridized carbons (Fsp3) is 0.250. The predicted octanol–water partition coefficient (Wildman–Crippen LogP) is 5.68. The van der Waals surface area contributed by atoms with Crippen molar-refractivity contribution in [2.75, 3.05) is 6.54 Å². The van der Waals surface area contributed by atoms with Crippen molar-refractivity contribution in [3.05, 3.63) is 68.4 Å². The molecule has 0 heterocycles. The van der Waals surface area contributed by atoms with E-state index in [0.717, 1.165) is 17.7 Å². The highest BCUT2D eigenvalue weighted by Crippen LogP contribution is 2.30. The molecule has 2 rings (SSSR count). The smallest absolute Gasteiger partial charge is 0.123 e. The zero-order valence-electron chi connectivity index (χ0n) is 11.5. The molecule has 0 aliphatic rings. The lowest BCUT2D eigenvalue weighted by molar-refractivity contribution is 0.543. The summed E-state index contributed by atoms with van der Waals surface area (Å²) in [7, 11) is 0. The van der Waals surface area contributed by atoms with Crippen molar-refractivity contribution in [3.8, 4) is 0 Å². The first-order valence-corrected chi connectivity index (χ1v) is 7.77. The molecule has 0 spiro atoms. The molecule has 2 aromatic carbocycles. The monoisotopic (exact) mass is 345 g/mol. The molecule has 0 aliphatic heterocycles. The van der Waals surface area contributed by atoms with E-state index < -0.39 is 0 Å². The summed E-state index contributed by atoms with van der Waals surface area (Å²) < 4.78 is 13.5. The number of rotatable bonds is 5. The van der Waals surface area contributed by atoms with Crippen LogP contribution in [0.5, 0.6) is 0 Å². The minimum absolute atomic E-state index is 0.114. The second kappa shape index (κ2) is 7.46. The molecule has 112 valence electrons. The summed E-state index contributed by atoms with van der Waals surface area (Å²) in [6.45, 7) is 2.73. The maximum Gasteiger partial charge on any atom is 0.123 e. The van der Waals surface area contributed by atoms with E-state index in [1.165, 1.54) is 12.1 Å². The minimum atomic E-state index is -0.306. The van der Waals surface area contributed by atoms with Gasteiger partial charge in [0.25, 0.3) is 0 Å². The summed E-state index contributed by atoms with van der Waals surface area (Å²) in [5.74, 6) is -0.306. The van der Waals surface area contributed by atoms with Gasteiger partial charge in [-0.25, -0.2) is 4.39 Å². The van der Waals surface area contributed by atoms with E-state index in [-0.39, 0.29) is 11.9 Å². The Labute approximate surface area is 139 Å². The molecule has 0 aliphatic carbocycles. The van der Waals surface area contributed by atoms with Gasteiger partial charge in [0.15, 0.2) is 0 Å². The summed E-state index contributed by atoms with van der Waals surface area (Å²) in [6.07, 6.45) is 0.604. The van der Waals surface area contributed by atoms with Gasteiger partial charge < -0.3 is 5.32 Å². The van der Waals surface area contributed by atoms with Crippen molar-refractivity contribution in [1.82, 2.24) is 5.32 Å². The van der Waals surface area contributed by atoms with Crippen molar-refractivity contribution >= 4 is 34.8 Å². The van der Waals surface area contributed by atoms with Gasteiger partial charge in [-0.15, -0.1) is 0 Å². The van der Waals surface area contributed by atoms with Crippen LogP contribution in [0.15, 0.2) is 36.4 Å². The van der Waals surface area contributed by atoms with E-state index in [0.29, 0.717) is 21.5 Å². The van der Waals surface area contributed by atoms with Crippen LogP contribution in [-0.4, -0.2) is 6.54 Å². The number of halogens is 4. The van der Waals surface area contributed by atoms with E-state index in [1.54, 1.807) is 18.2 Å². The molecule has 0 saturated carbocycles. The molecule has 0 aromatic heterocycles. The average molecular weight is 347 g/mol. The van der Waals surface area contributed by atoms with Gasteiger partial charge >= 0.3 is 0 Å². The summed E-state index contributed by atoms with van der Waals surface area (Å²) in [5.41, 5.74) is 1.66. The van der Waals surface area contributed by atoms with Gasteiger partial charge in [0.2, 0.25) is 0 Å². The molecule has 1 nitrogen and oxygen atoms in total. The molecule has 1 unspecified atom stereocenters. The fourth-order valence-corrected chi connectivity index (χ4v) is 2.96. The zero-order chi connectivity index (χ0) is 15.4. The number of hydrogen-bond donors (Lipinski definition) is 1.